The second-order valence-corrected chi connectivity index (χ2v) is 3.86. The molecule has 0 unspecified atom stereocenters. The molecule has 0 nitrogen and oxygen atoms in total. The first-order valence-corrected chi connectivity index (χ1v) is 4.92. The van der Waals surface area contributed by atoms with Crippen LogP contribution in [0.4, 0.5) is 13.2 Å². The first-order valence-electron chi connectivity index (χ1n) is 4.92. The van der Waals surface area contributed by atoms with Crippen LogP contribution in [0, 0.1) is 11.6 Å². The summed E-state index contributed by atoms with van der Waals surface area (Å²) in [4.78, 5) is 0. The standard InChI is InChI=1S/C13H7F3/c14-8-4-7-2-1-3-9-11(15)6-12(16)10(5-8)13(7)9/h1-3,5-6H,4H2. The normalized spacial score (nSPS) is 14.1. The van der Waals surface area contributed by atoms with Crippen LogP contribution in [0.3, 0.4) is 0 Å². The molecule has 0 saturated carbocycles. The molecule has 80 valence electrons. The number of hydrogen-bond donors (Lipinski definition) is 0. The zero-order valence-electron chi connectivity index (χ0n) is 8.23. The predicted octanol–water partition coefficient (Wildman–Crippen LogP) is 3.98. The van der Waals surface area contributed by atoms with Gasteiger partial charge in [-0.1, -0.05) is 18.2 Å². The van der Waals surface area contributed by atoms with E-state index < -0.39 is 17.5 Å². The summed E-state index contributed by atoms with van der Waals surface area (Å²) in [5.74, 6) is -1.72. The summed E-state index contributed by atoms with van der Waals surface area (Å²) in [6, 6.07) is 5.73. The van der Waals surface area contributed by atoms with E-state index in [0.29, 0.717) is 16.3 Å². The van der Waals surface area contributed by atoms with Gasteiger partial charge < -0.3 is 0 Å². The van der Waals surface area contributed by atoms with Gasteiger partial charge in [0.15, 0.2) is 0 Å². The minimum atomic E-state index is -0.715. The van der Waals surface area contributed by atoms with E-state index in [9.17, 15) is 13.2 Å². The van der Waals surface area contributed by atoms with Crippen LogP contribution in [-0.2, 0) is 6.42 Å². The molecule has 3 rings (SSSR count). The summed E-state index contributed by atoms with van der Waals surface area (Å²) in [5.41, 5.74) is 0.779. The zero-order chi connectivity index (χ0) is 11.3. The molecule has 0 N–H and O–H groups in total. The van der Waals surface area contributed by atoms with Gasteiger partial charge >= 0.3 is 0 Å². The topological polar surface area (TPSA) is 0 Å². The van der Waals surface area contributed by atoms with Gasteiger partial charge in [-0.15, -0.1) is 0 Å². The molecule has 1 aliphatic rings. The number of rotatable bonds is 0. The Morgan fingerprint density at radius 3 is 2.62 bits per heavy atom. The van der Waals surface area contributed by atoms with Gasteiger partial charge in [-0.25, -0.2) is 13.2 Å². The molecule has 0 aliphatic heterocycles. The molecule has 0 fully saturated rings. The van der Waals surface area contributed by atoms with Gasteiger partial charge in [0.2, 0.25) is 0 Å². The second-order valence-electron chi connectivity index (χ2n) is 3.86. The second kappa shape index (κ2) is 3.11. The average molecular weight is 220 g/mol. The summed E-state index contributed by atoms with van der Waals surface area (Å²) < 4.78 is 40.3. The molecule has 0 aromatic heterocycles. The third-order valence-corrected chi connectivity index (χ3v) is 2.85. The van der Waals surface area contributed by atoms with E-state index in [0.717, 1.165) is 12.1 Å². The van der Waals surface area contributed by atoms with E-state index in [1.165, 1.54) is 0 Å². The molecule has 0 amide bonds. The Labute approximate surface area is 90.0 Å². The van der Waals surface area contributed by atoms with Crippen molar-refractivity contribution in [3.63, 3.8) is 0 Å². The summed E-state index contributed by atoms with van der Waals surface area (Å²) in [5, 5.41) is 0.832. The third kappa shape index (κ3) is 1.18. The fourth-order valence-electron chi connectivity index (χ4n) is 2.18. The van der Waals surface area contributed by atoms with Gasteiger partial charge in [0.1, 0.15) is 17.5 Å². The Morgan fingerprint density at radius 1 is 1.00 bits per heavy atom. The Bertz CT molecular complexity index is 627. The van der Waals surface area contributed by atoms with Gasteiger partial charge in [-0.05, 0) is 17.0 Å². The van der Waals surface area contributed by atoms with Crippen LogP contribution in [0.2, 0.25) is 0 Å². The van der Waals surface area contributed by atoms with Crippen molar-refractivity contribution in [3.05, 3.63) is 52.9 Å². The van der Waals surface area contributed by atoms with E-state index in [1.54, 1.807) is 18.2 Å². The van der Waals surface area contributed by atoms with Gasteiger partial charge in [0.25, 0.3) is 0 Å². The van der Waals surface area contributed by atoms with E-state index >= 15 is 0 Å². The van der Waals surface area contributed by atoms with Crippen molar-refractivity contribution in [3.8, 4) is 0 Å². The van der Waals surface area contributed by atoms with Crippen molar-refractivity contribution in [1.82, 2.24) is 0 Å². The first kappa shape index (κ1) is 9.46. The smallest absolute Gasteiger partial charge is 0.134 e. The Balaban J connectivity index is 2.55. The maximum absolute atomic E-state index is 13.5. The fourth-order valence-corrected chi connectivity index (χ4v) is 2.18. The van der Waals surface area contributed by atoms with Crippen molar-refractivity contribution in [2.24, 2.45) is 0 Å². The summed E-state index contributed by atoms with van der Waals surface area (Å²) in [6.45, 7) is 0. The van der Waals surface area contributed by atoms with E-state index in [1.807, 2.05) is 0 Å². The van der Waals surface area contributed by atoms with Crippen molar-refractivity contribution < 1.29 is 13.2 Å². The maximum atomic E-state index is 13.5. The Hall–Kier alpha value is -1.77. The largest absolute Gasteiger partial charge is 0.211 e. The molecule has 0 heterocycles. The van der Waals surface area contributed by atoms with Crippen LogP contribution in [0.15, 0.2) is 30.1 Å². The lowest BCUT2D eigenvalue weighted by Gasteiger charge is -2.15. The predicted molar refractivity (Wildman–Crippen MR) is 56.7 cm³/mol. The van der Waals surface area contributed by atoms with Gasteiger partial charge in [-0.2, -0.15) is 0 Å². The van der Waals surface area contributed by atoms with Crippen molar-refractivity contribution >= 4 is 16.8 Å². The van der Waals surface area contributed by atoms with Crippen LogP contribution in [0.5, 0.6) is 0 Å². The molecule has 0 bridgehead atoms. The van der Waals surface area contributed by atoms with Gasteiger partial charge in [-0.3, -0.25) is 0 Å². The highest BCUT2D eigenvalue weighted by Gasteiger charge is 2.18. The quantitative estimate of drug-likeness (QED) is 0.629. The molecular formula is C13H7F3. The average Bonchev–Trinajstić information content (AvgIpc) is 2.25. The first-order chi connectivity index (χ1) is 7.66. The van der Waals surface area contributed by atoms with Crippen molar-refractivity contribution in [2.75, 3.05) is 0 Å². The lowest BCUT2D eigenvalue weighted by Crippen LogP contribution is -2.00. The lowest BCUT2D eigenvalue weighted by molar-refractivity contribution is 0.584. The minimum Gasteiger partial charge on any atom is -0.211 e. The number of allylic oxidation sites excluding steroid dienone is 1. The van der Waals surface area contributed by atoms with Gasteiger partial charge in [0, 0.05) is 23.4 Å². The summed E-state index contributed by atoms with van der Waals surface area (Å²) in [6.07, 6.45) is 1.25. The highest BCUT2D eigenvalue weighted by atomic mass is 19.1. The van der Waals surface area contributed by atoms with Crippen molar-refractivity contribution in [1.29, 1.82) is 0 Å². The number of benzene rings is 2. The number of hydrogen-bond acceptors (Lipinski definition) is 0. The van der Waals surface area contributed by atoms with Crippen LogP contribution in [0.25, 0.3) is 16.8 Å². The summed E-state index contributed by atoms with van der Waals surface area (Å²) >= 11 is 0. The monoisotopic (exact) mass is 220 g/mol. The molecular weight excluding hydrogens is 213 g/mol. The molecule has 0 radical (unpaired) electrons. The van der Waals surface area contributed by atoms with Crippen LogP contribution in [0.1, 0.15) is 11.1 Å². The molecule has 16 heavy (non-hydrogen) atoms. The molecule has 2 aromatic carbocycles. The van der Waals surface area contributed by atoms with E-state index in [2.05, 4.69) is 0 Å². The zero-order valence-corrected chi connectivity index (χ0v) is 8.23. The Morgan fingerprint density at radius 2 is 1.81 bits per heavy atom. The molecule has 1 aliphatic carbocycles. The molecule has 0 saturated heterocycles. The van der Waals surface area contributed by atoms with E-state index in [-0.39, 0.29) is 12.0 Å². The van der Waals surface area contributed by atoms with Crippen molar-refractivity contribution in [2.45, 2.75) is 6.42 Å². The van der Waals surface area contributed by atoms with Crippen LogP contribution < -0.4 is 0 Å². The highest BCUT2D eigenvalue weighted by molar-refractivity contribution is 5.95. The maximum Gasteiger partial charge on any atom is 0.134 e. The minimum absolute atomic E-state index is 0.104. The lowest BCUT2D eigenvalue weighted by atomic mass is 9.92. The van der Waals surface area contributed by atoms with Crippen LogP contribution in [-0.4, -0.2) is 0 Å². The van der Waals surface area contributed by atoms with Gasteiger partial charge in [0.05, 0.1) is 0 Å². The number of halogens is 3. The summed E-state index contributed by atoms with van der Waals surface area (Å²) in [7, 11) is 0. The highest BCUT2D eigenvalue weighted by Crippen LogP contribution is 2.34. The Kier molecular flexibility index (Phi) is 1.84. The van der Waals surface area contributed by atoms with E-state index in [4.69, 9.17) is 0 Å². The molecule has 2 aromatic rings. The third-order valence-electron chi connectivity index (χ3n) is 2.85. The fraction of sp³-hybridized carbons (Fsp3) is 0.0769. The molecule has 0 spiro atoms. The SMILES string of the molecule is FC1=Cc2c(F)cc(F)c3cccc(c23)C1. The molecule has 3 heteroatoms. The molecule has 0 atom stereocenters. The van der Waals surface area contributed by atoms with Crippen LogP contribution >= 0.6 is 0 Å².